The lowest BCUT2D eigenvalue weighted by molar-refractivity contribution is -0.140. The minimum atomic E-state index is -0.240. The summed E-state index contributed by atoms with van der Waals surface area (Å²) in [5.74, 6) is -0.143. The van der Waals surface area contributed by atoms with Crippen LogP contribution in [0.1, 0.15) is 63.1 Å². The van der Waals surface area contributed by atoms with Crippen LogP contribution in [0.3, 0.4) is 0 Å². The topological polar surface area (TPSA) is 44.8 Å². The minimum absolute atomic E-state index is 0.139. The van der Waals surface area contributed by atoms with Gasteiger partial charge >= 0.3 is 13.1 Å². The summed E-state index contributed by atoms with van der Waals surface area (Å²) in [7, 11) is 1.20. The van der Waals surface area contributed by atoms with Crippen molar-refractivity contribution in [3.63, 3.8) is 0 Å². The highest BCUT2D eigenvalue weighted by atomic mass is 16.6. The summed E-state index contributed by atoms with van der Waals surface area (Å²) in [6, 6.07) is 4.49. The third-order valence-corrected chi connectivity index (χ3v) is 4.31. The van der Waals surface area contributed by atoms with Crippen LogP contribution in [0.15, 0.2) is 12.1 Å². The lowest BCUT2D eigenvalue weighted by atomic mass is 9.73. The van der Waals surface area contributed by atoms with E-state index in [1.54, 1.807) is 0 Å². The Labute approximate surface area is 146 Å². The molecule has 1 aromatic carbocycles. The first-order valence-electron chi connectivity index (χ1n) is 9.03. The number of carbonyl (C=O) groups excluding carboxylic acids is 1. The molecule has 132 valence electrons. The van der Waals surface area contributed by atoms with Crippen molar-refractivity contribution in [3.05, 3.63) is 28.8 Å². The molecule has 4 nitrogen and oxygen atoms in total. The molecule has 24 heavy (non-hydrogen) atoms. The molecular weight excluding hydrogens is 303 g/mol. The van der Waals surface area contributed by atoms with Gasteiger partial charge in [-0.05, 0) is 61.7 Å². The zero-order valence-corrected chi connectivity index (χ0v) is 15.4. The number of unbranched alkanes of at least 4 members (excludes halogenated alkanes) is 1. The summed E-state index contributed by atoms with van der Waals surface area (Å²) in [4.78, 5) is 11.3. The predicted molar refractivity (Wildman–Crippen MR) is 96.4 cm³/mol. The largest absolute Gasteiger partial charge is 0.494 e. The fourth-order valence-electron chi connectivity index (χ4n) is 3.13. The molecule has 0 N–H and O–H groups in total. The van der Waals surface area contributed by atoms with Gasteiger partial charge in [0.2, 0.25) is 0 Å². The average molecular weight is 332 g/mol. The van der Waals surface area contributed by atoms with Gasteiger partial charge < -0.3 is 14.0 Å². The molecule has 1 heterocycles. The zero-order chi connectivity index (χ0) is 17.5. The Balaban J connectivity index is 2.16. The summed E-state index contributed by atoms with van der Waals surface area (Å²) < 4.78 is 16.5. The number of methoxy groups -OCH3 is 1. The van der Waals surface area contributed by atoms with Gasteiger partial charge in [0.15, 0.2) is 0 Å². The van der Waals surface area contributed by atoms with E-state index >= 15 is 0 Å². The molecule has 0 aliphatic carbocycles. The molecule has 5 heteroatoms. The predicted octanol–water partition coefficient (Wildman–Crippen LogP) is 3.18. The van der Waals surface area contributed by atoms with Gasteiger partial charge in [-0.15, -0.1) is 0 Å². The average Bonchev–Trinajstić information content (AvgIpc) is 2.94. The van der Waals surface area contributed by atoms with Crippen molar-refractivity contribution in [3.8, 4) is 0 Å². The van der Waals surface area contributed by atoms with Gasteiger partial charge in [-0.1, -0.05) is 25.5 Å². The van der Waals surface area contributed by atoms with Crippen molar-refractivity contribution in [2.24, 2.45) is 0 Å². The van der Waals surface area contributed by atoms with E-state index in [4.69, 9.17) is 14.0 Å². The van der Waals surface area contributed by atoms with Crippen LogP contribution in [-0.4, -0.2) is 26.3 Å². The molecule has 0 atom stereocenters. The highest BCUT2D eigenvalue weighted by molar-refractivity contribution is 6.63. The molecule has 0 unspecified atom stereocenters. The molecule has 0 aromatic heterocycles. The SMILES string of the molecule is CCCCc1cc(CCCC(=O)OC)cc2c1B(OC(C)C)OC2. The molecule has 2 rings (SSSR count). The fourth-order valence-corrected chi connectivity index (χ4v) is 3.13. The number of ether oxygens (including phenoxy) is 1. The summed E-state index contributed by atoms with van der Waals surface area (Å²) >= 11 is 0. The van der Waals surface area contributed by atoms with Crippen molar-refractivity contribution in [1.82, 2.24) is 0 Å². The Hall–Kier alpha value is -1.33. The van der Waals surface area contributed by atoms with Gasteiger partial charge in [0.05, 0.1) is 13.7 Å². The van der Waals surface area contributed by atoms with E-state index < -0.39 is 0 Å². The van der Waals surface area contributed by atoms with E-state index in [9.17, 15) is 4.79 Å². The molecular formula is C19H29BO4. The van der Waals surface area contributed by atoms with Crippen LogP contribution in [0.5, 0.6) is 0 Å². The molecule has 0 amide bonds. The van der Waals surface area contributed by atoms with Crippen LogP contribution >= 0.6 is 0 Å². The number of fused-ring (bicyclic) bond motifs is 1. The summed E-state index contributed by atoms with van der Waals surface area (Å²) in [6.45, 7) is 6.89. The van der Waals surface area contributed by atoms with Gasteiger partial charge in [0.1, 0.15) is 0 Å². The summed E-state index contributed by atoms with van der Waals surface area (Å²) in [5, 5.41) is 0. The molecule has 0 bridgehead atoms. The second-order valence-corrected chi connectivity index (χ2v) is 6.69. The van der Waals surface area contributed by atoms with Crippen molar-refractivity contribution >= 4 is 18.6 Å². The van der Waals surface area contributed by atoms with Crippen molar-refractivity contribution < 1.29 is 18.8 Å². The molecule has 0 saturated heterocycles. The highest BCUT2D eigenvalue weighted by Gasteiger charge is 2.34. The second kappa shape index (κ2) is 9.23. The summed E-state index contributed by atoms with van der Waals surface area (Å²) in [6.07, 6.45) is 5.67. The Morgan fingerprint density at radius 1 is 1.29 bits per heavy atom. The Bertz CT molecular complexity index is 557. The van der Waals surface area contributed by atoms with Crippen molar-refractivity contribution in [1.29, 1.82) is 0 Å². The summed E-state index contributed by atoms with van der Waals surface area (Å²) in [5.41, 5.74) is 5.08. The smallest absolute Gasteiger partial charge is 0.469 e. The monoisotopic (exact) mass is 332 g/mol. The molecule has 1 aliphatic rings. The number of carbonyl (C=O) groups is 1. The Kier molecular flexibility index (Phi) is 7.31. The third-order valence-electron chi connectivity index (χ3n) is 4.31. The lowest BCUT2D eigenvalue weighted by Gasteiger charge is -2.16. The number of rotatable bonds is 9. The number of hydrogen-bond donors (Lipinski definition) is 0. The zero-order valence-electron chi connectivity index (χ0n) is 15.4. The molecule has 0 saturated carbocycles. The van der Waals surface area contributed by atoms with Gasteiger partial charge in [0.25, 0.3) is 0 Å². The van der Waals surface area contributed by atoms with Crippen LogP contribution in [-0.2, 0) is 38.3 Å². The number of esters is 1. The maximum absolute atomic E-state index is 11.3. The highest BCUT2D eigenvalue weighted by Crippen LogP contribution is 2.21. The maximum atomic E-state index is 11.3. The number of hydrogen-bond acceptors (Lipinski definition) is 4. The first-order chi connectivity index (χ1) is 11.5. The standard InChI is InChI=1S/C19H29BO4/c1-5-6-9-16-11-15(8-7-10-18(21)22-4)12-17-13-23-20(19(16)17)24-14(2)3/h11-12,14H,5-10,13H2,1-4H3. The number of benzene rings is 1. The van der Waals surface area contributed by atoms with Gasteiger partial charge in [-0.25, -0.2) is 0 Å². The van der Waals surface area contributed by atoms with Crippen LogP contribution in [0.4, 0.5) is 0 Å². The molecule has 0 radical (unpaired) electrons. The van der Waals surface area contributed by atoms with Gasteiger partial charge in [-0.2, -0.15) is 0 Å². The van der Waals surface area contributed by atoms with E-state index in [1.807, 2.05) is 13.8 Å². The number of aryl methyl sites for hydroxylation is 2. The van der Waals surface area contributed by atoms with Crippen molar-refractivity contribution in [2.75, 3.05) is 7.11 Å². The quantitative estimate of drug-likeness (QED) is 0.515. The van der Waals surface area contributed by atoms with E-state index in [1.165, 1.54) is 29.3 Å². The van der Waals surface area contributed by atoms with Crippen molar-refractivity contribution in [2.45, 2.75) is 72.0 Å². The van der Waals surface area contributed by atoms with E-state index in [0.717, 1.165) is 32.1 Å². The Morgan fingerprint density at radius 2 is 2.08 bits per heavy atom. The van der Waals surface area contributed by atoms with E-state index in [2.05, 4.69) is 19.1 Å². The van der Waals surface area contributed by atoms with Crippen LogP contribution in [0, 0.1) is 0 Å². The Morgan fingerprint density at radius 3 is 2.75 bits per heavy atom. The molecule has 0 fully saturated rings. The first-order valence-corrected chi connectivity index (χ1v) is 9.03. The van der Waals surface area contributed by atoms with Crippen LogP contribution in [0.25, 0.3) is 0 Å². The van der Waals surface area contributed by atoms with E-state index in [0.29, 0.717) is 13.0 Å². The minimum Gasteiger partial charge on any atom is -0.469 e. The lowest BCUT2D eigenvalue weighted by Crippen LogP contribution is -2.37. The van der Waals surface area contributed by atoms with Crippen LogP contribution < -0.4 is 5.46 Å². The van der Waals surface area contributed by atoms with Crippen LogP contribution in [0.2, 0.25) is 0 Å². The first kappa shape index (κ1) is 19.0. The van der Waals surface area contributed by atoms with Gasteiger partial charge in [0, 0.05) is 12.5 Å². The maximum Gasteiger partial charge on any atom is 0.494 e. The van der Waals surface area contributed by atoms with E-state index in [-0.39, 0.29) is 19.2 Å². The normalized spacial score (nSPS) is 13.5. The molecule has 1 aliphatic heterocycles. The second-order valence-electron chi connectivity index (χ2n) is 6.69. The fraction of sp³-hybridized carbons (Fsp3) is 0.632. The molecule has 0 spiro atoms. The molecule has 1 aromatic rings. The van der Waals surface area contributed by atoms with Gasteiger partial charge in [-0.3, -0.25) is 4.79 Å². The third kappa shape index (κ3) is 5.08.